The van der Waals surface area contributed by atoms with Gasteiger partial charge in [0.25, 0.3) is 0 Å². The molecule has 4 aliphatic rings. The van der Waals surface area contributed by atoms with Crippen molar-refractivity contribution >= 4 is 0 Å². The van der Waals surface area contributed by atoms with Crippen LogP contribution in [0.5, 0.6) is 0 Å². The first kappa shape index (κ1) is 17.3. The largest absolute Gasteiger partial charge is 0.387 e. The molecule has 0 radical (unpaired) electrons. The third kappa shape index (κ3) is 2.58. The second-order valence-corrected chi connectivity index (χ2v) is 10.1. The standard InChI is InChI=1S/C22H38O2/c1-4-16-6-8-20-19-7-5-15-13-22(23,14-24-3)12-10-17(15)18(19)9-11-21(16,20)2/h15-20,23H,4-14H2,1-3H3. The van der Waals surface area contributed by atoms with Gasteiger partial charge in [-0.25, -0.2) is 0 Å². The Morgan fingerprint density at radius 1 is 0.958 bits per heavy atom. The first-order valence-electron chi connectivity index (χ1n) is 10.7. The molecule has 4 rings (SSSR count). The topological polar surface area (TPSA) is 29.5 Å². The molecule has 8 unspecified atom stereocenters. The van der Waals surface area contributed by atoms with Crippen LogP contribution in [0.4, 0.5) is 0 Å². The average molecular weight is 335 g/mol. The van der Waals surface area contributed by atoms with E-state index in [9.17, 15) is 5.11 Å². The lowest BCUT2D eigenvalue weighted by Crippen LogP contribution is -2.51. The highest BCUT2D eigenvalue weighted by Crippen LogP contribution is 2.65. The quantitative estimate of drug-likeness (QED) is 0.783. The van der Waals surface area contributed by atoms with E-state index >= 15 is 0 Å². The zero-order valence-corrected chi connectivity index (χ0v) is 16.1. The third-order valence-electron chi connectivity index (χ3n) is 9.21. The Bertz CT molecular complexity index is 463. The van der Waals surface area contributed by atoms with Gasteiger partial charge in [0, 0.05) is 7.11 Å². The molecule has 0 aromatic rings. The van der Waals surface area contributed by atoms with E-state index in [1.54, 1.807) is 7.11 Å². The molecule has 24 heavy (non-hydrogen) atoms. The Hall–Kier alpha value is -0.0800. The number of hydrogen-bond acceptors (Lipinski definition) is 2. The average Bonchev–Trinajstić information content (AvgIpc) is 2.90. The number of methoxy groups -OCH3 is 1. The SMILES string of the molecule is CCC1CCC2C3CCC4CC(O)(COC)CCC4C3CCC12C. The maximum atomic E-state index is 10.8. The van der Waals surface area contributed by atoms with Gasteiger partial charge in [0.15, 0.2) is 0 Å². The minimum Gasteiger partial charge on any atom is -0.387 e. The predicted octanol–water partition coefficient (Wildman–Crippen LogP) is 5.04. The maximum absolute atomic E-state index is 10.8. The summed E-state index contributed by atoms with van der Waals surface area (Å²) in [6.45, 7) is 5.58. The monoisotopic (exact) mass is 334 g/mol. The van der Waals surface area contributed by atoms with Crippen LogP contribution in [0.2, 0.25) is 0 Å². The van der Waals surface area contributed by atoms with Crippen LogP contribution >= 0.6 is 0 Å². The summed E-state index contributed by atoms with van der Waals surface area (Å²) in [5.41, 5.74) is 0.112. The zero-order chi connectivity index (χ0) is 16.9. The van der Waals surface area contributed by atoms with E-state index in [0.717, 1.165) is 48.3 Å². The van der Waals surface area contributed by atoms with Crippen LogP contribution in [0.1, 0.15) is 78.1 Å². The summed E-state index contributed by atoms with van der Waals surface area (Å²) in [6, 6.07) is 0. The van der Waals surface area contributed by atoms with Crippen LogP contribution in [-0.2, 0) is 4.74 Å². The van der Waals surface area contributed by atoms with Crippen LogP contribution in [-0.4, -0.2) is 24.4 Å². The molecule has 0 bridgehead atoms. The van der Waals surface area contributed by atoms with Crippen LogP contribution in [0.25, 0.3) is 0 Å². The zero-order valence-electron chi connectivity index (χ0n) is 16.1. The highest BCUT2D eigenvalue weighted by Gasteiger charge is 2.57. The van der Waals surface area contributed by atoms with Crippen molar-refractivity contribution in [3.05, 3.63) is 0 Å². The molecule has 0 aromatic heterocycles. The molecule has 0 amide bonds. The van der Waals surface area contributed by atoms with Gasteiger partial charge in [-0.1, -0.05) is 20.3 Å². The van der Waals surface area contributed by atoms with E-state index in [4.69, 9.17) is 4.74 Å². The van der Waals surface area contributed by atoms with Crippen molar-refractivity contribution < 1.29 is 9.84 Å². The molecule has 4 fully saturated rings. The molecular formula is C22H38O2. The van der Waals surface area contributed by atoms with Gasteiger partial charge in [-0.2, -0.15) is 0 Å². The van der Waals surface area contributed by atoms with Crippen molar-refractivity contribution in [3.8, 4) is 0 Å². The van der Waals surface area contributed by atoms with Crippen molar-refractivity contribution in [2.75, 3.05) is 13.7 Å². The Balaban J connectivity index is 1.50. The molecule has 0 aliphatic heterocycles. The first-order valence-corrected chi connectivity index (χ1v) is 10.7. The predicted molar refractivity (Wildman–Crippen MR) is 97.7 cm³/mol. The van der Waals surface area contributed by atoms with Crippen molar-refractivity contribution in [2.45, 2.75) is 83.7 Å². The molecule has 0 spiro atoms. The third-order valence-corrected chi connectivity index (χ3v) is 9.21. The van der Waals surface area contributed by atoms with E-state index in [1.807, 2.05) is 0 Å². The van der Waals surface area contributed by atoms with Gasteiger partial charge in [0.2, 0.25) is 0 Å². The van der Waals surface area contributed by atoms with E-state index < -0.39 is 5.60 Å². The maximum Gasteiger partial charge on any atom is 0.0882 e. The van der Waals surface area contributed by atoms with Gasteiger partial charge in [0.1, 0.15) is 0 Å². The fourth-order valence-electron chi connectivity index (χ4n) is 8.14. The molecule has 0 heterocycles. The van der Waals surface area contributed by atoms with E-state index in [-0.39, 0.29) is 0 Å². The summed E-state index contributed by atoms with van der Waals surface area (Å²) in [4.78, 5) is 0. The van der Waals surface area contributed by atoms with Gasteiger partial charge in [-0.3, -0.25) is 0 Å². The van der Waals surface area contributed by atoms with Gasteiger partial charge in [0.05, 0.1) is 12.2 Å². The van der Waals surface area contributed by atoms with Gasteiger partial charge >= 0.3 is 0 Å². The Labute approximate surface area is 148 Å². The Kier molecular flexibility index (Phi) is 4.53. The minimum absolute atomic E-state index is 0.531. The molecule has 8 atom stereocenters. The molecular weight excluding hydrogens is 296 g/mol. The number of hydrogen-bond donors (Lipinski definition) is 1. The number of rotatable bonds is 3. The van der Waals surface area contributed by atoms with Crippen LogP contribution in [0.15, 0.2) is 0 Å². The number of ether oxygens (including phenoxy) is 1. The molecule has 4 saturated carbocycles. The van der Waals surface area contributed by atoms with Gasteiger partial charge < -0.3 is 9.84 Å². The molecule has 138 valence electrons. The molecule has 1 N–H and O–H groups in total. The summed E-state index contributed by atoms with van der Waals surface area (Å²) < 4.78 is 5.31. The van der Waals surface area contributed by atoms with Crippen LogP contribution in [0, 0.1) is 40.9 Å². The summed E-state index contributed by atoms with van der Waals surface area (Å²) in [5.74, 6) is 5.60. The first-order chi connectivity index (χ1) is 11.5. The van der Waals surface area contributed by atoms with E-state index in [2.05, 4.69) is 13.8 Å². The van der Waals surface area contributed by atoms with Crippen molar-refractivity contribution in [1.29, 1.82) is 0 Å². The number of aliphatic hydroxyl groups is 1. The second-order valence-electron chi connectivity index (χ2n) is 10.1. The summed E-state index contributed by atoms with van der Waals surface area (Å²) in [7, 11) is 1.73. The highest BCUT2D eigenvalue weighted by molar-refractivity contribution is 5.06. The van der Waals surface area contributed by atoms with Crippen molar-refractivity contribution in [3.63, 3.8) is 0 Å². The Morgan fingerprint density at radius 3 is 2.50 bits per heavy atom. The van der Waals surface area contributed by atoms with Crippen LogP contribution in [0.3, 0.4) is 0 Å². The normalized spacial score (nSPS) is 54.0. The Morgan fingerprint density at radius 2 is 1.75 bits per heavy atom. The van der Waals surface area contributed by atoms with E-state index in [1.165, 1.54) is 51.4 Å². The van der Waals surface area contributed by atoms with Gasteiger partial charge in [-0.15, -0.1) is 0 Å². The summed E-state index contributed by atoms with van der Waals surface area (Å²) in [6.07, 6.45) is 13.3. The molecule has 4 aliphatic carbocycles. The number of fused-ring (bicyclic) bond motifs is 5. The molecule has 2 nitrogen and oxygen atoms in total. The molecule has 0 aromatic carbocycles. The summed E-state index contributed by atoms with van der Waals surface area (Å²) in [5, 5.41) is 10.8. The lowest BCUT2D eigenvalue weighted by atomic mass is 9.49. The second kappa shape index (κ2) is 6.27. The lowest BCUT2D eigenvalue weighted by molar-refractivity contribution is -0.124. The van der Waals surface area contributed by atoms with Crippen molar-refractivity contribution in [2.24, 2.45) is 40.9 Å². The van der Waals surface area contributed by atoms with E-state index in [0.29, 0.717) is 12.0 Å². The van der Waals surface area contributed by atoms with Crippen LogP contribution < -0.4 is 0 Å². The smallest absolute Gasteiger partial charge is 0.0882 e. The van der Waals surface area contributed by atoms with Crippen molar-refractivity contribution in [1.82, 2.24) is 0 Å². The molecule has 2 heteroatoms. The fraction of sp³-hybridized carbons (Fsp3) is 1.00. The summed E-state index contributed by atoms with van der Waals surface area (Å²) >= 11 is 0. The fourth-order valence-corrected chi connectivity index (χ4v) is 8.14. The molecule has 0 saturated heterocycles. The lowest BCUT2D eigenvalue weighted by Gasteiger charge is -2.57. The van der Waals surface area contributed by atoms with Gasteiger partial charge in [-0.05, 0) is 98.7 Å². The highest BCUT2D eigenvalue weighted by atomic mass is 16.5. The minimum atomic E-state index is -0.535.